The fourth-order valence-corrected chi connectivity index (χ4v) is 4.64. The van der Waals surface area contributed by atoms with Gasteiger partial charge in [-0.2, -0.15) is 0 Å². The molecule has 38 heavy (non-hydrogen) atoms. The highest BCUT2D eigenvalue weighted by Crippen LogP contribution is 2.31. The van der Waals surface area contributed by atoms with E-state index in [0.717, 1.165) is 14.5 Å². The van der Waals surface area contributed by atoms with E-state index in [4.69, 9.17) is 21.1 Å². The molecule has 0 aliphatic rings. The maximum absolute atomic E-state index is 13.1. The number of carbonyl (C=O) groups is 2. The van der Waals surface area contributed by atoms with Gasteiger partial charge in [0.25, 0.3) is 11.8 Å². The fourth-order valence-electron chi connectivity index (χ4n) is 3.65. The number of ether oxygens (including phenoxy) is 2. The Morgan fingerprint density at radius 3 is 1.95 bits per heavy atom. The van der Waals surface area contributed by atoms with Gasteiger partial charge in [-0.15, -0.1) is 0 Å². The molecule has 0 aromatic heterocycles. The SMILES string of the molecule is COc1ccc(C(NC(=O)c2cccc(Br)c2)NC(=O)c2cccc(Br)c2)cc1OCc1ccccc1Cl. The smallest absolute Gasteiger partial charge is 0.253 e. The fraction of sp³-hybridized carbons (Fsp3) is 0.103. The summed E-state index contributed by atoms with van der Waals surface area (Å²) in [4.78, 5) is 26.3. The van der Waals surface area contributed by atoms with Crippen molar-refractivity contribution in [2.45, 2.75) is 12.8 Å². The zero-order valence-corrected chi connectivity index (χ0v) is 24.1. The molecular weight excluding hydrogens is 636 g/mol. The van der Waals surface area contributed by atoms with Crippen molar-refractivity contribution in [1.82, 2.24) is 10.6 Å². The third-order valence-electron chi connectivity index (χ3n) is 5.59. The number of hydrogen-bond donors (Lipinski definition) is 2. The molecular formula is C29H23Br2ClN2O4. The molecule has 194 valence electrons. The molecule has 0 saturated heterocycles. The Labute approximate surface area is 242 Å². The molecule has 6 nitrogen and oxygen atoms in total. The van der Waals surface area contributed by atoms with Gasteiger partial charge in [0, 0.05) is 30.7 Å². The zero-order valence-electron chi connectivity index (χ0n) is 20.2. The molecule has 4 aromatic rings. The Kier molecular flexibility index (Phi) is 9.44. The molecule has 0 radical (unpaired) electrons. The topological polar surface area (TPSA) is 76.7 Å². The molecule has 0 unspecified atom stereocenters. The lowest BCUT2D eigenvalue weighted by Gasteiger charge is -2.22. The van der Waals surface area contributed by atoms with Crippen molar-refractivity contribution >= 4 is 55.3 Å². The van der Waals surface area contributed by atoms with Crippen molar-refractivity contribution in [3.63, 3.8) is 0 Å². The minimum atomic E-state index is -0.874. The average Bonchev–Trinajstić information content (AvgIpc) is 2.92. The number of methoxy groups -OCH3 is 1. The number of halogens is 3. The highest BCUT2D eigenvalue weighted by atomic mass is 79.9. The first kappa shape index (κ1) is 27.7. The van der Waals surface area contributed by atoms with E-state index in [9.17, 15) is 9.59 Å². The van der Waals surface area contributed by atoms with Crippen LogP contribution in [-0.2, 0) is 6.61 Å². The summed E-state index contributed by atoms with van der Waals surface area (Å²) in [6.45, 7) is 0.207. The van der Waals surface area contributed by atoms with E-state index in [1.807, 2.05) is 30.3 Å². The summed E-state index contributed by atoms with van der Waals surface area (Å²) < 4.78 is 13.1. The quantitative estimate of drug-likeness (QED) is 0.185. The average molecular weight is 659 g/mol. The van der Waals surface area contributed by atoms with Crippen molar-refractivity contribution in [3.8, 4) is 11.5 Å². The number of rotatable bonds is 9. The van der Waals surface area contributed by atoms with Crippen LogP contribution in [-0.4, -0.2) is 18.9 Å². The largest absolute Gasteiger partial charge is 0.493 e. The van der Waals surface area contributed by atoms with Gasteiger partial charge >= 0.3 is 0 Å². The molecule has 2 amide bonds. The first-order valence-electron chi connectivity index (χ1n) is 11.5. The normalized spacial score (nSPS) is 10.7. The lowest BCUT2D eigenvalue weighted by molar-refractivity contribution is 0.0883. The van der Waals surface area contributed by atoms with Crippen molar-refractivity contribution in [1.29, 1.82) is 0 Å². The molecule has 0 heterocycles. The molecule has 9 heteroatoms. The second-order valence-corrected chi connectivity index (χ2v) is 10.4. The minimum absolute atomic E-state index is 0.207. The number of nitrogens with one attached hydrogen (secondary N) is 2. The van der Waals surface area contributed by atoms with Gasteiger partial charge in [0.05, 0.1) is 7.11 Å². The third-order valence-corrected chi connectivity index (χ3v) is 6.94. The minimum Gasteiger partial charge on any atom is -0.493 e. The van der Waals surface area contributed by atoms with E-state index < -0.39 is 6.17 Å². The summed E-state index contributed by atoms with van der Waals surface area (Å²) >= 11 is 13.1. The van der Waals surface area contributed by atoms with Crippen LogP contribution in [0.3, 0.4) is 0 Å². The van der Waals surface area contributed by atoms with Crippen molar-refractivity contribution in [2.75, 3.05) is 7.11 Å². The molecule has 4 aromatic carbocycles. The van der Waals surface area contributed by atoms with Crippen molar-refractivity contribution in [2.24, 2.45) is 0 Å². The maximum Gasteiger partial charge on any atom is 0.253 e. The Hall–Kier alpha value is -3.33. The number of benzene rings is 4. The number of amides is 2. The van der Waals surface area contributed by atoms with E-state index in [0.29, 0.717) is 33.2 Å². The van der Waals surface area contributed by atoms with Gasteiger partial charge in [-0.1, -0.05) is 79.9 Å². The summed E-state index contributed by atoms with van der Waals surface area (Å²) in [5.41, 5.74) is 2.27. The van der Waals surface area contributed by atoms with Crippen molar-refractivity contribution in [3.05, 3.63) is 127 Å². The van der Waals surface area contributed by atoms with Gasteiger partial charge in [-0.3, -0.25) is 9.59 Å². The van der Waals surface area contributed by atoms with Gasteiger partial charge < -0.3 is 20.1 Å². The van der Waals surface area contributed by atoms with Gasteiger partial charge in [0.1, 0.15) is 12.8 Å². The lowest BCUT2D eigenvalue weighted by atomic mass is 10.1. The highest BCUT2D eigenvalue weighted by molar-refractivity contribution is 9.10. The molecule has 0 aliphatic heterocycles. The second kappa shape index (κ2) is 13.0. The van der Waals surface area contributed by atoms with Gasteiger partial charge in [-0.25, -0.2) is 0 Å². The van der Waals surface area contributed by atoms with Crippen LogP contribution in [0, 0.1) is 0 Å². The summed E-state index contributed by atoms with van der Waals surface area (Å²) in [5, 5.41) is 6.42. The predicted octanol–water partition coefficient (Wildman–Crippen LogP) is 7.31. The van der Waals surface area contributed by atoms with E-state index in [1.54, 1.807) is 67.8 Å². The molecule has 4 rings (SSSR count). The van der Waals surface area contributed by atoms with Gasteiger partial charge in [0.15, 0.2) is 11.5 Å². The van der Waals surface area contributed by atoms with Crippen LogP contribution in [0.25, 0.3) is 0 Å². The number of hydrogen-bond acceptors (Lipinski definition) is 4. The molecule has 0 aliphatic carbocycles. The summed E-state index contributed by atoms with van der Waals surface area (Å²) in [6, 6.07) is 26.6. The van der Waals surface area contributed by atoms with E-state index in [-0.39, 0.29) is 18.4 Å². The van der Waals surface area contributed by atoms with E-state index in [2.05, 4.69) is 42.5 Å². The first-order chi connectivity index (χ1) is 18.3. The standard InChI is InChI=1S/C29H23Br2ClN2O4/c1-37-25-13-12-18(16-26(25)38-17-21-6-2-3-11-24(21)32)27(33-28(35)19-7-4-9-22(30)14-19)34-29(36)20-8-5-10-23(31)15-20/h2-16,27H,17H2,1H3,(H,33,35)(H,34,36). The summed E-state index contributed by atoms with van der Waals surface area (Å²) in [6.07, 6.45) is -0.874. The Morgan fingerprint density at radius 1 is 0.789 bits per heavy atom. The van der Waals surface area contributed by atoms with Crippen LogP contribution in [0.1, 0.15) is 38.0 Å². The Balaban J connectivity index is 1.65. The molecule has 0 spiro atoms. The van der Waals surface area contributed by atoms with E-state index >= 15 is 0 Å². The molecule has 0 saturated carbocycles. The van der Waals surface area contributed by atoms with Crippen LogP contribution in [0.5, 0.6) is 11.5 Å². The van der Waals surface area contributed by atoms with Crippen LogP contribution >= 0.6 is 43.5 Å². The summed E-state index contributed by atoms with van der Waals surface area (Å²) in [5.74, 6) is 0.208. The van der Waals surface area contributed by atoms with Gasteiger partial charge in [-0.05, 0) is 60.2 Å². The zero-order chi connectivity index (χ0) is 27.1. The number of carbonyl (C=O) groups excluding carboxylic acids is 2. The Bertz CT molecular complexity index is 1400. The highest BCUT2D eigenvalue weighted by Gasteiger charge is 2.21. The molecule has 0 fully saturated rings. The second-order valence-electron chi connectivity index (χ2n) is 8.19. The molecule has 0 atom stereocenters. The Morgan fingerprint density at radius 2 is 1.39 bits per heavy atom. The van der Waals surface area contributed by atoms with Crippen LogP contribution in [0.15, 0.2) is 99.9 Å². The lowest BCUT2D eigenvalue weighted by Crippen LogP contribution is -2.41. The van der Waals surface area contributed by atoms with Gasteiger partial charge in [0.2, 0.25) is 0 Å². The van der Waals surface area contributed by atoms with E-state index in [1.165, 1.54) is 0 Å². The van der Waals surface area contributed by atoms with Crippen LogP contribution in [0.2, 0.25) is 5.02 Å². The monoisotopic (exact) mass is 656 g/mol. The predicted molar refractivity (Wildman–Crippen MR) is 155 cm³/mol. The summed E-state index contributed by atoms with van der Waals surface area (Å²) in [7, 11) is 1.54. The molecule has 2 N–H and O–H groups in total. The van der Waals surface area contributed by atoms with Crippen LogP contribution < -0.4 is 20.1 Å². The first-order valence-corrected chi connectivity index (χ1v) is 13.5. The maximum atomic E-state index is 13.1. The molecule has 0 bridgehead atoms. The van der Waals surface area contributed by atoms with Crippen molar-refractivity contribution < 1.29 is 19.1 Å². The third kappa shape index (κ3) is 7.16. The van der Waals surface area contributed by atoms with Crippen LogP contribution in [0.4, 0.5) is 0 Å².